The molecule has 2 heterocycles. The van der Waals surface area contributed by atoms with Crippen LogP contribution in [0, 0.1) is 0 Å². The molecule has 1 aliphatic carbocycles. The number of amides is 2. The topological polar surface area (TPSA) is 80.4 Å². The number of aryl methyl sites for hydroxylation is 1. The maximum atomic E-state index is 12.5. The minimum Gasteiger partial charge on any atom is -0.492 e. The number of aromatic nitrogens is 1. The Morgan fingerprint density at radius 2 is 1.97 bits per heavy atom. The molecular weight excluding hydrogens is 368 g/mol. The summed E-state index contributed by atoms with van der Waals surface area (Å²) in [6.45, 7) is 2.95. The highest BCUT2D eigenvalue weighted by molar-refractivity contribution is 6.27. The van der Waals surface area contributed by atoms with Crippen LogP contribution in [0.3, 0.4) is 0 Å². The van der Waals surface area contributed by atoms with Crippen LogP contribution in [0.1, 0.15) is 50.9 Å². The number of rotatable bonds is 5. The first-order chi connectivity index (χ1) is 14.2. The number of carbonyl (C=O) groups is 2. The molecule has 2 N–H and O–H groups in total. The summed E-state index contributed by atoms with van der Waals surface area (Å²) in [5.41, 5.74) is 4.94. The molecule has 1 aliphatic heterocycles. The Bertz CT molecular complexity index is 1120. The molecule has 2 amide bonds. The molecular formula is C23H22N2O4. The van der Waals surface area contributed by atoms with Crippen LogP contribution in [0.4, 0.5) is 0 Å². The molecule has 0 radical (unpaired) electrons. The molecule has 2 aromatic carbocycles. The maximum Gasteiger partial charge on any atom is 0.259 e. The van der Waals surface area contributed by atoms with Gasteiger partial charge in [0, 0.05) is 17.5 Å². The molecule has 29 heavy (non-hydrogen) atoms. The predicted molar refractivity (Wildman–Crippen MR) is 108 cm³/mol. The minimum atomic E-state index is -0.365. The molecule has 148 valence electrons. The van der Waals surface area contributed by atoms with Gasteiger partial charge in [0.25, 0.3) is 11.8 Å². The van der Waals surface area contributed by atoms with E-state index in [9.17, 15) is 9.59 Å². The summed E-state index contributed by atoms with van der Waals surface area (Å²) < 4.78 is 12.0. The van der Waals surface area contributed by atoms with Crippen LogP contribution in [0.25, 0.3) is 10.9 Å². The summed E-state index contributed by atoms with van der Waals surface area (Å²) >= 11 is 0. The zero-order valence-corrected chi connectivity index (χ0v) is 16.2. The van der Waals surface area contributed by atoms with Crippen LogP contribution < -0.4 is 10.1 Å². The third-order valence-corrected chi connectivity index (χ3v) is 5.71. The van der Waals surface area contributed by atoms with Crippen LogP contribution in [-0.2, 0) is 24.2 Å². The van der Waals surface area contributed by atoms with Crippen molar-refractivity contribution in [2.75, 3.05) is 6.61 Å². The highest BCUT2D eigenvalue weighted by Crippen LogP contribution is 2.40. The summed E-state index contributed by atoms with van der Waals surface area (Å²) in [6, 6.07) is 11.8. The van der Waals surface area contributed by atoms with Gasteiger partial charge >= 0.3 is 0 Å². The molecule has 6 nitrogen and oxygen atoms in total. The number of hydrogen-bond acceptors (Lipinski definition) is 4. The molecule has 0 saturated carbocycles. The number of ether oxygens (including phenoxy) is 2. The van der Waals surface area contributed by atoms with Crippen molar-refractivity contribution in [1.82, 2.24) is 10.3 Å². The van der Waals surface area contributed by atoms with Crippen molar-refractivity contribution in [1.29, 1.82) is 0 Å². The van der Waals surface area contributed by atoms with Crippen molar-refractivity contribution in [3.05, 3.63) is 64.3 Å². The summed E-state index contributed by atoms with van der Waals surface area (Å²) in [5, 5.41) is 3.22. The third kappa shape index (κ3) is 3.00. The fraction of sp³-hybridized carbons (Fsp3) is 0.304. The number of nitrogens with one attached hydrogen (secondary N) is 2. The van der Waals surface area contributed by atoms with E-state index < -0.39 is 0 Å². The Morgan fingerprint density at radius 3 is 2.76 bits per heavy atom. The number of aromatic amines is 1. The number of hydrogen-bond donors (Lipinski definition) is 2. The van der Waals surface area contributed by atoms with Gasteiger partial charge in [-0.1, -0.05) is 30.3 Å². The Labute approximate surface area is 168 Å². The van der Waals surface area contributed by atoms with Gasteiger partial charge in [0.1, 0.15) is 5.75 Å². The predicted octanol–water partition coefficient (Wildman–Crippen LogP) is 3.52. The highest BCUT2D eigenvalue weighted by atomic mass is 16.5. The first-order valence-electron chi connectivity index (χ1n) is 10.00. The van der Waals surface area contributed by atoms with E-state index in [4.69, 9.17) is 9.47 Å². The lowest BCUT2D eigenvalue weighted by molar-refractivity contribution is 0.0320. The molecule has 0 saturated heterocycles. The highest BCUT2D eigenvalue weighted by Gasteiger charge is 2.35. The Kier molecular flexibility index (Phi) is 4.36. The van der Waals surface area contributed by atoms with Crippen molar-refractivity contribution in [2.45, 2.75) is 38.9 Å². The van der Waals surface area contributed by atoms with Gasteiger partial charge in [-0.25, -0.2) is 0 Å². The molecule has 6 heteroatoms. The van der Waals surface area contributed by atoms with Gasteiger partial charge in [-0.3, -0.25) is 14.9 Å². The third-order valence-electron chi connectivity index (χ3n) is 5.71. The molecule has 1 aromatic heterocycles. The lowest BCUT2D eigenvalue weighted by Gasteiger charge is -2.23. The smallest absolute Gasteiger partial charge is 0.259 e. The van der Waals surface area contributed by atoms with E-state index in [0.29, 0.717) is 36.5 Å². The average Bonchev–Trinajstić information content (AvgIpc) is 3.24. The zero-order chi connectivity index (χ0) is 20.0. The summed E-state index contributed by atoms with van der Waals surface area (Å²) in [6.07, 6.45) is 2.50. The number of fused-ring (bicyclic) bond motifs is 5. The molecule has 3 aromatic rings. The normalized spacial score (nSPS) is 17.9. The van der Waals surface area contributed by atoms with Crippen LogP contribution in [0.5, 0.6) is 5.75 Å². The Hall–Kier alpha value is -3.12. The van der Waals surface area contributed by atoms with E-state index in [2.05, 4.69) is 22.4 Å². The minimum absolute atomic E-state index is 0.0632. The first-order valence-corrected chi connectivity index (χ1v) is 10.00. The van der Waals surface area contributed by atoms with E-state index in [1.807, 2.05) is 25.1 Å². The number of benzene rings is 2. The van der Waals surface area contributed by atoms with E-state index in [-0.39, 0.29) is 17.9 Å². The van der Waals surface area contributed by atoms with E-state index in [1.165, 1.54) is 0 Å². The average molecular weight is 390 g/mol. The van der Waals surface area contributed by atoms with Gasteiger partial charge in [0.2, 0.25) is 0 Å². The fourth-order valence-corrected chi connectivity index (χ4v) is 4.38. The summed E-state index contributed by atoms with van der Waals surface area (Å²) in [4.78, 5) is 28.2. The first kappa shape index (κ1) is 17.9. The molecule has 1 unspecified atom stereocenters. The Balaban J connectivity index is 1.53. The van der Waals surface area contributed by atoms with Crippen molar-refractivity contribution < 1.29 is 19.1 Å². The zero-order valence-electron chi connectivity index (χ0n) is 16.2. The van der Waals surface area contributed by atoms with Crippen LogP contribution in [0.15, 0.2) is 36.4 Å². The molecule has 5 rings (SSSR count). The van der Waals surface area contributed by atoms with Gasteiger partial charge in [0.05, 0.1) is 36.0 Å². The molecule has 1 atom stereocenters. The standard InChI is InChI=1S/C23H22N2O4/c1-2-28-18-11-16-20(23(27)25-22(16)26)19-15-10-14(8-9-17(15)24-21(18)19)29-12-13-6-4-3-5-7-13/h3-7,11,14,24H,2,8-10,12H2,1H3,(H,25,26,27). The second kappa shape index (κ2) is 7.04. The lowest BCUT2D eigenvalue weighted by atomic mass is 9.90. The summed E-state index contributed by atoms with van der Waals surface area (Å²) in [7, 11) is 0. The van der Waals surface area contributed by atoms with Crippen LogP contribution in [-0.4, -0.2) is 29.5 Å². The number of imide groups is 1. The molecule has 0 fully saturated rings. The lowest BCUT2D eigenvalue weighted by Crippen LogP contribution is -2.22. The van der Waals surface area contributed by atoms with Crippen LogP contribution in [0.2, 0.25) is 0 Å². The second-order valence-corrected chi connectivity index (χ2v) is 7.51. The van der Waals surface area contributed by atoms with Gasteiger partial charge in [-0.15, -0.1) is 0 Å². The van der Waals surface area contributed by atoms with Gasteiger partial charge in [-0.05, 0) is 37.0 Å². The van der Waals surface area contributed by atoms with Crippen molar-refractivity contribution in [3.63, 3.8) is 0 Å². The van der Waals surface area contributed by atoms with Crippen molar-refractivity contribution >= 4 is 22.7 Å². The van der Waals surface area contributed by atoms with Crippen molar-refractivity contribution in [2.24, 2.45) is 0 Å². The van der Waals surface area contributed by atoms with E-state index in [0.717, 1.165) is 40.6 Å². The summed E-state index contributed by atoms with van der Waals surface area (Å²) in [5.74, 6) is -0.0927. The largest absolute Gasteiger partial charge is 0.492 e. The number of carbonyl (C=O) groups excluding carboxylic acids is 2. The molecule has 0 spiro atoms. The van der Waals surface area contributed by atoms with Gasteiger partial charge in [0.15, 0.2) is 0 Å². The Morgan fingerprint density at radius 1 is 1.14 bits per heavy atom. The fourth-order valence-electron chi connectivity index (χ4n) is 4.38. The van der Waals surface area contributed by atoms with E-state index in [1.54, 1.807) is 6.07 Å². The SMILES string of the molecule is CCOc1cc2c(c3c4c([nH]c13)CCC(OCc1ccccc1)C4)C(=O)NC2=O. The van der Waals surface area contributed by atoms with Gasteiger partial charge < -0.3 is 14.5 Å². The van der Waals surface area contributed by atoms with Crippen LogP contribution >= 0.6 is 0 Å². The molecule has 0 bridgehead atoms. The number of H-pyrrole nitrogens is 1. The van der Waals surface area contributed by atoms with Crippen molar-refractivity contribution in [3.8, 4) is 5.75 Å². The monoisotopic (exact) mass is 390 g/mol. The second-order valence-electron chi connectivity index (χ2n) is 7.51. The quantitative estimate of drug-likeness (QED) is 0.653. The molecule has 2 aliphatic rings. The van der Waals surface area contributed by atoms with Gasteiger partial charge in [-0.2, -0.15) is 0 Å². The maximum absolute atomic E-state index is 12.5. The van der Waals surface area contributed by atoms with E-state index >= 15 is 0 Å².